The molecule has 2 aromatic carbocycles. The zero-order chi connectivity index (χ0) is 22.1. The molecular weight excluding hydrogens is 420 g/mol. The molecule has 1 amide bonds. The van der Waals surface area contributed by atoms with E-state index < -0.39 is 5.91 Å². The van der Waals surface area contributed by atoms with E-state index in [9.17, 15) is 9.59 Å². The highest BCUT2D eigenvalue weighted by Gasteiger charge is 2.22. The Bertz CT molecular complexity index is 1340. The van der Waals surface area contributed by atoms with Crippen LogP contribution < -0.4 is 15.6 Å². The average Bonchev–Trinajstić information content (AvgIpc) is 3.52. The van der Waals surface area contributed by atoms with E-state index in [4.69, 9.17) is 0 Å². The number of benzene rings is 2. The molecule has 1 fully saturated rings. The first-order valence-corrected chi connectivity index (χ1v) is 11.6. The minimum atomic E-state index is -0.391. The van der Waals surface area contributed by atoms with Crippen molar-refractivity contribution in [3.05, 3.63) is 82.1 Å². The van der Waals surface area contributed by atoms with Gasteiger partial charge in [-0.1, -0.05) is 65.9 Å². The molecule has 5 rings (SSSR count). The first-order chi connectivity index (χ1) is 15.7. The summed E-state index contributed by atoms with van der Waals surface area (Å²) >= 11 is 1.53. The third kappa shape index (κ3) is 3.69. The standard InChI is InChI=1S/C25H24N4O2S/c1-26-23(31)20-16-29(15-18-11-5-6-12-19(18)17-9-3-2-4-10-17)24-21(22(20)30)27-25(32-24)28-13-7-8-14-28/h2-6,9-12,16H,7-8,13-15H2,1H3,(H,26,31). The Morgan fingerprint density at radius 1 is 1.06 bits per heavy atom. The summed E-state index contributed by atoms with van der Waals surface area (Å²) in [6.45, 7) is 2.44. The zero-order valence-corrected chi connectivity index (χ0v) is 18.7. The van der Waals surface area contributed by atoms with Crippen molar-refractivity contribution in [2.45, 2.75) is 19.4 Å². The number of hydrogen-bond donors (Lipinski definition) is 1. The summed E-state index contributed by atoms with van der Waals surface area (Å²) in [5, 5.41) is 3.45. The van der Waals surface area contributed by atoms with Gasteiger partial charge in [-0.3, -0.25) is 9.59 Å². The van der Waals surface area contributed by atoms with Gasteiger partial charge in [-0.05, 0) is 29.5 Å². The Morgan fingerprint density at radius 3 is 2.53 bits per heavy atom. The van der Waals surface area contributed by atoms with Crippen LogP contribution in [-0.4, -0.2) is 35.6 Å². The van der Waals surface area contributed by atoms with Gasteiger partial charge >= 0.3 is 0 Å². The third-order valence-electron chi connectivity index (χ3n) is 5.89. The van der Waals surface area contributed by atoms with E-state index in [1.807, 2.05) is 34.9 Å². The average molecular weight is 445 g/mol. The van der Waals surface area contributed by atoms with Crippen molar-refractivity contribution in [2.24, 2.45) is 0 Å². The lowest BCUT2D eigenvalue weighted by atomic mass is 9.99. The smallest absolute Gasteiger partial charge is 0.256 e. The van der Waals surface area contributed by atoms with Crippen molar-refractivity contribution < 1.29 is 4.79 Å². The second-order valence-corrected chi connectivity index (χ2v) is 8.90. The number of nitrogens with one attached hydrogen (secondary N) is 1. The number of rotatable bonds is 5. The van der Waals surface area contributed by atoms with E-state index in [0.717, 1.165) is 52.6 Å². The van der Waals surface area contributed by atoms with E-state index in [1.54, 1.807) is 6.20 Å². The molecule has 0 radical (unpaired) electrons. The first-order valence-electron chi connectivity index (χ1n) is 10.8. The molecule has 4 aromatic rings. The van der Waals surface area contributed by atoms with Crippen molar-refractivity contribution in [3.8, 4) is 11.1 Å². The predicted octanol–water partition coefficient (Wildman–Crippen LogP) is 4.13. The SMILES string of the molecule is CNC(=O)c1cn(Cc2ccccc2-c2ccccc2)c2sc(N3CCCC3)nc2c1=O. The molecule has 3 heterocycles. The van der Waals surface area contributed by atoms with Crippen molar-refractivity contribution >= 4 is 32.7 Å². The number of thiazole rings is 1. The molecule has 162 valence electrons. The highest BCUT2D eigenvalue weighted by atomic mass is 32.1. The van der Waals surface area contributed by atoms with Crippen molar-refractivity contribution in [2.75, 3.05) is 25.0 Å². The van der Waals surface area contributed by atoms with Crippen molar-refractivity contribution in [3.63, 3.8) is 0 Å². The molecule has 32 heavy (non-hydrogen) atoms. The zero-order valence-electron chi connectivity index (χ0n) is 17.9. The molecule has 0 aliphatic carbocycles. The minimum absolute atomic E-state index is 0.121. The summed E-state index contributed by atoms with van der Waals surface area (Å²) < 4.78 is 2.00. The van der Waals surface area contributed by atoms with Gasteiger partial charge in [0.2, 0.25) is 5.43 Å². The van der Waals surface area contributed by atoms with Crippen LogP contribution in [0, 0.1) is 0 Å². The lowest BCUT2D eigenvalue weighted by Gasteiger charge is -2.14. The van der Waals surface area contributed by atoms with Gasteiger partial charge < -0.3 is 14.8 Å². The number of anilines is 1. The van der Waals surface area contributed by atoms with E-state index in [-0.39, 0.29) is 11.0 Å². The van der Waals surface area contributed by atoms with Gasteiger partial charge in [0, 0.05) is 32.9 Å². The molecule has 0 saturated carbocycles. The van der Waals surface area contributed by atoms with E-state index in [1.165, 1.54) is 18.4 Å². The van der Waals surface area contributed by atoms with E-state index in [0.29, 0.717) is 12.1 Å². The maximum atomic E-state index is 13.1. The maximum Gasteiger partial charge on any atom is 0.256 e. The Hall–Kier alpha value is -3.45. The largest absolute Gasteiger partial charge is 0.355 e. The summed E-state index contributed by atoms with van der Waals surface area (Å²) in [6.07, 6.45) is 3.94. The summed E-state index contributed by atoms with van der Waals surface area (Å²) in [4.78, 5) is 33.3. The number of carbonyl (C=O) groups excluding carboxylic acids is 1. The van der Waals surface area contributed by atoms with Gasteiger partial charge in [0.15, 0.2) is 5.13 Å². The quantitative estimate of drug-likeness (QED) is 0.503. The fraction of sp³-hybridized carbons (Fsp3) is 0.240. The number of fused-ring (bicyclic) bond motifs is 1. The van der Waals surface area contributed by atoms with E-state index >= 15 is 0 Å². The van der Waals surface area contributed by atoms with Gasteiger partial charge in [0.1, 0.15) is 15.9 Å². The van der Waals surface area contributed by atoms with E-state index in [2.05, 4.69) is 39.5 Å². The normalized spacial score (nSPS) is 13.6. The van der Waals surface area contributed by atoms with Crippen molar-refractivity contribution in [1.29, 1.82) is 0 Å². The van der Waals surface area contributed by atoms with Gasteiger partial charge in [-0.2, -0.15) is 0 Å². The van der Waals surface area contributed by atoms with Crippen LogP contribution in [0.1, 0.15) is 28.8 Å². The Kier molecular flexibility index (Phi) is 5.49. The molecule has 7 heteroatoms. The lowest BCUT2D eigenvalue weighted by molar-refractivity contribution is 0.0961. The second kappa shape index (κ2) is 8.59. The number of carbonyl (C=O) groups is 1. The molecule has 1 saturated heterocycles. The predicted molar refractivity (Wildman–Crippen MR) is 130 cm³/mol. The number of nitrogens with zero attached hydrogens (tertiary/aromatic N) is 3. The van der Waals surface area contributed by atoms with Gasteiger partial charge in [0.25, 0.3) is 5.91 Å². The Balaban J connectivity index is 1.66. The molecule has 0 bridgehead atoms. The third-order valence-corrected chi connectivity index (χ3v) is 7.05. The van der Waals surface area contributed by atoms with Crippen LogP contribution >= 0.6 is 11.3 Å². The van der Waals surface area contributed by atoms with Crippen LogP contribution in [0.5, 0.6) is 0 Å². The van der Waals surface area contributed by atoms with Crippen LogP contribution in [0.3, 0.4) is 0 Å². The summed E-state index contributed by atoms with van der Waals surface area (Å²) in [5.74, 6) is -0.391. The summed E-state index contributed by atoms with van der Waals surface area (Å²) in [6, 6.07) is 18.5. The molecule has 1 aliphatic rings. The van der Waals surface area contributed by atoms with Gasteiger partial charge in [-0.15, -0.1) is 0 Å². The maximum absolute atomic E-state index is 13.1. The molecule has 0 unspecified atom stereocenters. The lowest BCUT2D eigenvalue weighted by Crippen LogP contribution is -2.27. The highest BCUT2D eigenvalue weighted by molar-refractivity contribution is 7.21. The number of aromatic nitrogens is 2. The van der Waals surface area contributed by atoms with Crippen LogP contribution in [0.2, 0.25) is 0 Å². The first kappa shape index (κ1) is 20.5. The van der Waals surface area contributed by atoms with Crippen LogP contribution in [0.25, 0.3) is 21.5 Å². The Morgan fingerprint density at radius 2 is 1.78 bits per heavy atom. The molecule has 0 spiro atoms. The fourth-order valence-electron chi connectivity index (χ4n) is 4.24. The minimum Gasteiger partial charge on any atom is -0.355 e. The highest BCUT2D eigenvalue weighted by Crippen LogP contribution is 2.31. The molecule has 1 aliphatic heterocycles. The monoisotopic (exact) mass is 444 g/mol. The topological polar surface area (TPSA) is 67.2 Å². The van der Waals surface area contributed by atoms with Crippen LogP contribution in [-0.2, 0) is 6.54 Å². The number of pyridine rings is 1. The summed E-state index contributed by atoms with van der Waals surface area (Å²) in [7, 11) is 1.54. The molecule has 0 atom stereocenters. The number of amides is 1. The molecule has 6 nitrogen and oxygen atoms in total. The summed E-state index contributed by atoms with van der Waals surface area (Å²) in [5.41, 5.74) is 3.56. The molecule has 2 aromatic heterocycles. The van der Waals surface area contributed by atoms with Crippen molar-refractivity contribution in [1.82, 2.24) is 14.9 Å². The fourth-order valence-corrected chi connectivity index (χ4v) is 5.33. The van der Waals surface area contributed by atoms with Gasteiger partial charge in [0.05, 0.1) is 0 Å². The number of hydrogen-bond acceptors (Lipinski definition) is 5. The Labute approximate surface area is 190 Å². The second-order valence-electron chi connectivity index (χ2n) is 7.95. The molecule has 1 N–H and O–H groups in total. The molecular formula is C25H24N4O2S. The van der Waals surface area contributed by atoms with Crippen LogP contribution in [0.4, 0.5) is 5.13 Å². The van der Waals surface area contributed by atoms with Crippen LogP contribution in [0.15, 0.2) is 65.6 Å². The van der Waals surface area contributed by atoms with Gasteiger partial charge in [-0.25, -0.2) is 4.98 Å².